The first-order valence-electron chi connectivity index (χ1n) is 6.61. The van der Waals surface area contributed by atoms with E-state index < -0.39 is 0 Å². The number of fused-ring (bicyclic) bond motifs is 3. The lowest BCUT2D eigenvalue weighted by atomic mass is 10.3. The van der Waals surface area contributed by atoms with Gasteiger partial charge in [0.2, 0.25) is 0 Å². The molecule has 2 aromatic heterocycles. The normalized spacial score (nSPS) is 15.9. The Bertz CT molecular complexity index is 977. The number of thioether (sulfide) groups is 4. The van der Waals surface area contributed by atoms with Crippen LogP contribution in [-0.4, -0.2) is 19.9 Å². The SMILES string of the molecule is Clc1cc2nc3c(nc2cc1Cl)SC(=C1Sc2nccnc2S1)S3. The predicted octanol–water partition coefficient (Wildman–Crippen LogP) is 5.95. The van der Waals surface area contributed by atoms with Crippen molar-refractivity contribution in [3.63, 3.8) is 0 Å². The Morgan fingerprint density at radius 3 is 1.50 bits per heavy atom. The van der Waals surface area contributed by atoms with Crippen molar-refractivity contribution in [3.8, 4) is 0 Å². The first-order valence-corrected chi connectivity index (χ1v) is 10.6. The molecule has 0 fully saturated rings. The van der Waals surface area contributed by atoms with Crippen molar-refractivity contribution in [3.05, 3.63) is 43.0 Å². The first-order chi connectivity index (χ1) is 11.7. The number of nitrogens with zero attached hydrogens (tertiary/aromatic N) is 4. The van der Waals surface area contributed by atoms with Crippen molar-refractivity contribution in [1.29, 1.82) is 0 Å². The fourth-order valence-electron chi connectivity index (χ4n) is 2.16. The van der Waals surface area contributed by atoms with Crippen LogP contribution in [-0.2, 0) is 0 Å². The van der Waals surface area contributed by atoms with Crippen LogP contribution in [0.5, 0.6) is 0 Å². The van der Waals surface area contributed by atoms with E-state index in [1.807, 2.05) is 0 Å². The minimum Gasteiger partial charge on any atom is -0.245 e. The summed E-state index contributed by atoms with van der Waals surface area (Å²) in [6, 6.07) is 3.51. The monoisotopic (exact) mass is 426 g/mol. The third kappa shape index (κ3) is 2.60. The molecule has 118 valence electrons. The Kier molecular flexibility index (Phi) is 3.88. The summed E-state index contributed by atoms with van der Waals surface area (Å²) in [6.07, 6.45) is 3.43. The van der Waals surface area contributed by atoms with Crippen LogP contribution >= 0.6 is 70.2 Å². The van der Waals surface area contributed by atoms with Gasteiger partial charge in [-0.05, 0) is 12.1 Å². The summed E-state index contributed by atoms with van der Waals surface area (Å²) in [5.74, 6) is 0. The molecule has 0 bridgehead atoms. The largest absolute Gasteiger partial charge is 0.245 e. The van der Waals surface area contributed by atoms with Gasteiger partial charge in [-0.2, -0.15) is 0 Å². The summed E-state index contributed by atoms with van der Waals surface area (Å²) < 4.78 is 2.33. The van der Waals surface area contributed by atoms with Crippen molar-refractivity contribution < 1.29 is 0 Å². The smallest absolute Gasteiger partial charge is 0.135 e. The van der Waals surface area contributed by atoms with Gasteiger partial charge in [-0.1, -0.05) is 70.2 Å². The number of rotatable bonds is 0. The van der Waals surface area contributed by atoms with Gasteiger partial charge < -0.3 is 0 Å². The quantitative estimate of drug-likeness (QED) is 0.436. The van der Waals surface area contributed by atoms with Gasteiger partial charge in [0, 0.05) is 12.4 Å². The van der Waals surface area contributed by atoms with E-state index in [0.29, 0.717) is 10.0 Å². The molecule has 0 amide bonds. The van der Waals surface area contributed by atoms with Gasteiger partial charge in [0.1, 0.15) is 20.1 Å². The molecular formula is C14H4Cl2N4S4. The topological polar surface area (TPSA) is 51.6 Å². The highest BCUT2D eigenvalue weighted by atomic mass is 35.5. The molecule has 1 aromatic carbocycles. The molecule has 0 saturated heterocycles. The van der Waals surface area contributed by atoms with Gasteiger partial charge in [0.25, 0.3) is 0 Å². The van der Waals surface area contributed by atoms with Gasteiger partial charge in [-0.25, -0.2) is 19.9 Å². The van der Waals surface area contributed by atoms with Crippen molar-refractivity contribution in [1.82, 2.24) is 19.9 Å². The summed E-state index contributed by atoms with van der Waals surface area (Å²) in [5, 5.41) is 4.67. The number of halogens is 2. The summed E-state index contributed by atoms with van der Waals surface area (Å²) >= 11 is 18.7. The van der Waals surface area contributed by atoms with E-state index in [-0.39, 0.29) is 0 Å². The van der Waals surface area contributed by atoms with Crippen LogP contribution in [0, 0.1) is 0 Å². The average molecular weight is 427 g/mol. The Morgan fingerprint density at radius 1 is 0.625 bits per heavy atom. The van der Waals surface area contributed by atoms with Gasteiger partial charge in [0.15, 0.2) is 0 Å². The molecule has 4 nitrogen and oxygen atoms in total. The van der Waals surface area contributed by atoms with Gasteiger partial charge in [0.05, 0.1) is 29.6 Å². The van der Waals surface area contributed by atoms with Crippen molar-refractivity contribution in [2.24, 2.45) is 0 Å². The van der Waals surface area contributed by atoms with Crippen molar-refractivity contribution >= 4 is 81.3 Å². The molecule has 2 aliphatic heterocycles. The Hall–Kier alpha value is -0.640. The van der Waals surface area contributed by atoms with Crippen LogP contribution in [0.2, 0.25) is 10.0 Å². The number of aromatic nitrogens is 4. The minimum absolute atomic E-state index is 0.488. The molecule has 0 saturated carbocycles. The van der Waals surface area contributed by atoms with Crippen LogP contribution in [0.25, 0.3) is 11.0 Å². The summed E-state index contributed by atoms with van der Waals surface area (Å²) in [5.41, 5.74) is 1.50. The molecule has 5 rings (SSSR count). The minimum atomic E-state index is 0.488. The standard InChI is InChI=1S/C14H4Cl2N4S4/c15-5-3-7-8(4-6(5)16)20-12-11(19-7)23-14(24-12)13-21-9-10(22-13)18-2-1-17-9/h1-4H. The lowest BCUT2D eigenvalue weighted by molar-refractivity contribution is 0.930. The maximum atomic E-state index is 6.08. The van der Waals surface area contributed by atoms with Crippen LogP contribution in [0.1, 0.15) is 0 Å². The molecule has 0 atom stereocenters. The second-order valence-corrected chi connectivity index (χ2v) is 10.1. The first kappa shape index (κ1) is 15.6. The zero-order valence-corrected chi connectivity index (χ0v) is 16.3. The predicted molar refractivity (Wildman–Crippen MR) is 102 cm³/mol. The number of benzene rings is 1. The lowest BCUT2D eigenvalue weighted by Gasteiger charge is -2.01. The molecule has 10 heteroatoms. The molecule has 0 unspecified atom stereocenters. The zero-order chi connectivity index (χ0) is 16.3. The maximum absolute atomic E-state index is 6.08. The Balaban J connectivity index is 1.55. The van der Waals surface area contributed by atoms with Crippen LogP contribution in [0.3, 0.4) is 0 Å². The molecule has 0 spiro atoms. The Morgan fingerprint density at radius 2 is 1.04 bits per heavy atom. The fraction of sp³-hybridized carbons (Fsp3) is 0. The van der Waals surface area contributed by atoms with Gasteiger partial charge >= 0.3 is 0 Å². The maximum Gasteiger partial charge on any atom is 0.135 e. The van der Waals surface area contributed by atoms with Gasteiger partial charge in [-0.15, -0.1) is 0 Å². The summed E-state index contributed by atoms with van der Waals surface area (Å²) in [6.45, 7) is 0. The highest BCUT2D eigenvalue weighted by Gasteiger charge is 2.30. The van der Waals surface area contributed by atoms with Gasteiger partial charge in [-0.3, -0.25) is 0 Å². The Labute approximate surface area is 163 Å². The van der Waals surface area contributed by atoms with E-state index in [1.165, 1.54) is 4.24 Å². The molecular weight excluding hydrogens is 423 g/mol. The molecule has 0 N–H and O–H groups in total. The second-order valence-electron chi connectivity index (χ2n) is 4.74. The number of hydrogen-bond acceptors (Lipinski definition) is 8. The van der Waals surface area contributed by atoms with E-state index in [4.69, 9.17) is 23.2 Å². The molecule has 24 heavy (non-hydrogen) atoms. The molecule has 3 aromatic rings. The third-order valence-electron chi connectivity index (χ3n) is 3.20. The highest BCUT2D eigenvalue weighted by molar-refractivity contribution is 8.30. The van der Waals surface area contributed by atoms with Crippen LogP contribution in [0.15, 0.2) is 53.1 Å². The summed E-state index contributed by atoms with van der Waals surface area (Å²) in [7, 11) is 0. The van der Waals surface area contributed by atoms with E-state index in [1.54, 1.807) is 71.6 Å². The van der Waals surface area contributed by atoms with E-state index in [0.717, 1.165) is 35.4 Å². The molecule has 0 aliphatic carbocycles. The second kappa shape index (κ2) is 5.96. The molecule has 4 heterocycles. The van der Waals surface area contributed by atoms with Crippen molar-refractivity contribution in [2.45, 2.75) is 20.1 Å². The lowest BCUT2D eigenvalue weighted by Crippen LogP contribution is -1.88. The average Bonchev–Trinajstić information content (AvgIpc) is 3.17. The van der Waals surface area contributed by atoms with E-state index in [9.17, 15) is 0 Å². The molecule has 0 radical (unpaired) electrons. The van der Waals surface area contributed by atoms with Crippen LogP contribution in [0.4, 0.5) is 0 Å². The van der Waals surface area contributed by atoms with E-state index >= 15 is 0 Å². The van der Waals surface area contributed by atoms with Crippen molar-refractivity contribution in [2.75, 3.05) is 0 Å². The zero-order valence-electron chi connectivity index (χ0n) is 11.5. The molecule has 2 aliphatic rings. The number of hydrogen-bond donors (Lipinski definition) is 0. The highest BCUT2D eigenvalue weighted by Crippen LogP contribution is 2.59. The third-order valence-corrected chi connectivity index (χ3v) is 9.20. The van der Waals surface area contributed by atoms with E-state index in [2.05, 4.69) is 19.9 Å². The summed E-state index contributed by atoms with van der Waals surface area (Å²) in [4.78, 5) is 18.1. The van der Waals surface area contributed by atoms with Crippen LogP contribution < -0.4 is 0 Å². The fourth-order valence-corrected chi connectivity index (χ4v) is 7.36.